The van der Waals surface area contributed by atoms with E-state index in [2.05, 4.69) is 38.9 Å². The van der Waals surface area contributed by atoms with Crippen molar-refractivity contribution in [2.24, 2.45) is 0 Å². The van der Waals surface area contributed by atoms with Gasteiger partial charge in [-0.05, 0) is 55.8 Å². The number of benzene rings is 1. The van der Waals surface area contributed by atoms with Crippen LogP contribution in [0.5, 0.6) is 0 Å². The van der Waals surface area contributed by atoms with Crippen molar-refractivity contribution in [3.05, 3.63) is 83.7 Å². The topological polar surface area (TPSA) is 64.5 Å². The second kappa shape index (κ2) is 8.27. The van der Waals surface area contributed by atoms with Crippen LogP contribution in [0.15, 0.2) is 61.1 Å². The van der Waals surface area contributed by atoms with Crippen molar-refractivity contribution in [1.82, 2.24) is 20.2 Å². The van der Waals surface area contributed by atoms with Crippen LogP contribution in [0.3, 0.4) is 0 Å². The van der Waals surface area contributed by atoms with Gasteiger partial charge in [-0.25, -0.2) is 4.39 Å². The zero-order chi connectivity index (χ0) is 23.3. The number of aromatic nitrogens is 2. The van der Waals surface area contributed by atoms with Crippen molar-refractivity contribution in [3.8, 4) is 0 Å². The summed E-state index contributed by atoms with van der Waals surface area (Å²) in [6.07, 6.45) is 8.82. The van der Waals surface area contributed by atoms with Crippen molar-refractivity contribution in [2.75, 3.05) is 31.1 Å². The van der Waals surface area contributed by atoms with Crippen LogP contribution in [-0.4, -0.2) is 52.2 Å². The molecule has 0 aliphatic carbocycles. The SMILES string of the molecule is C=C1C=Cc2ncc(F)c3c2N1CC3(O)CN1CCC(NCc2cnc3ccccc3c2)CC1. The molecule has 3 aliphatic rings. The molecule has 1 fully saturated rings. The lowest BCUT2D eigenvalue weighted by molar-refractivity contribution is 0.00367. The second-order valence-corrected chi connectivity index (χ2v) is 9.62. The van der Waals surface area contributed by atoms with E-state index in [-0.39, 0.29) is 0 Å². The summed E-state index contributed by atoms with van der Waals surface area (Å²) in [7, 11) is 0. The number of nitrogens with one attached hydrogen (secondary N) is 1. The van der Waals surface area contributed by atoms with Crippen LogP contribution in [0, 0.1) is 5.82 Å². The Morgan fingerprint density at radius 1 is 1.15 bits per heavy atom. The molecule has 2 aromatic heterocycles. The molecule has 6 nitrogen and oxygen atoms in total. The lowest BCUT2D eigenvalue weighted by Gasteiger charge is -2.37. The second-order valence-electron chi connectivity index (χ2n) is 9.62. The minimum Gasteiger partial charge on any atom is -0.382 e. The third kappa shape index (κ3) is 3.70. The van der Waals surface area contributed by atoms with Gasteiger partial charge in [0.15, 0.2) is 0 Å². The van der Waals surface area contributed by atoms with Crippen LogP contribution in [0.4, 0.5) is 10.1 Å². The van der Waals surface area contributed by atoms with Crippen LogP contribution < -0.4 is 10.2 Å². The first-order valence-electron chi connectivity index (χ1n) is 11.9. The largest absolute Gasteiger partial charge is 0.382 e. The Kier molecular flexibility index (Phi) is 5.21. The summed E-state index contributed by atoms with van der Waals surface area (Å²) in [4.78, 5) is 12.9. The third-order valence-corrected chi connectivity index (χ3v) is 7.29. The van der Waals surface area contributed by atoms with Crippen LogP contribution in [0.25, 0.3) is 17.0 Å². The maximum atomic E-state index is 14.9. The first-order chi connectivity index (χ1) is 16.5. The number of para-hydroxylation sites is 1. The molecule has 1 unspecified atom stereocenters. The van der Waals surface area contributed by atoms with E-state index in [0.717, 1.165) is 49.1 Å². The van der Waals surface area contributed by atoms with Crippen LogP contribution in [0.2, 0.25) is 0 Å². The summed E-state index contributed by atoms with van der Waals surface area (Å²) >= 11 is 0. The van der Waals surface area contributed by atoms with Gasteiger partial charge in [0.05, 0.1) is 29.6 Å². The number of pyridine rings is 2. The molecular formula is C27H28FN5O. The first kappa shape index (κ1) is 21.4. The van der Waals surface area contributed by atoms with Crippen molar-refractivity contribution < 1.29 is 9.50 Å². The predicted octanol–water partition coefficient (Wildman–Crippen LogP) is 3.57. The fourth-order valence-corrected chi connectivity index (χ4v) is 5.53. The quantitative estimate of drug-likeness (QED) is 0.611. The van der Waals surface area contributed by atoms with Gasteiger partial charge in [-0.15, -0.1) is 0 Å². The molecule has 174 valence electrons. The standard InChI is InChI=1S/C27H28FN5O/c1-18-6-7-24-26-25(22(28)15-31-24)27(34,17-33(18)26)16-32-10-8-21(9-11-32)29-13-19-12-20-4-2-3-5-23(20)30-14-19/h2-7,12,14-15,21,29,34H,1,8-11,13,16-17H2. The van der Waals surface area contributed by atoms with Gasteiger partial charge >= 0.3 is 0 Å². The number of piperidine rings is 1. The van der Waals surface area contributed by atoms with E-state index in [4.69, 9.17) is 0 Å². The highest BCUT2D eigenvalue weighted by atomic mass is 19.1. The Bertz CT molecular complexity index is 1300. The van der Waals surface area contributed by atoms with E-state index >= 15 is 0 Å². The number of aliphatic hydroxyl groups is 1. The summed E-state index contributed by atoms with van der Waals surface area (Å²) in [5.41, 5.74) is 3.36. The molecule has 0 saturated carbocycles. The molecule has 3 aromatic rings. The van der Waals surface area contributed by atoms with E-state index in [9.17, 15) is 9.50 Å². The average molecular weight is 458 g/mol. The normalized spacial score (nSPS) is 22.5. The Labute approximate surface area is 198 Å². The summed E-state index contributed by atoms with van der Waals surface area (Å²) in [6, 6.07) is 10.8. The number of hydrogen-bond acceptors (Lipinski definition) is 6. The Balaban J connectivity index is 1.09. The van der Waals surface area contributed by atoms with Crippen LogP contribution >= 0.6 is 0 Å². The van der Waals surface area contributed by atoms with E-state index in [1.807, 2.05) is 41.4 Å². The predicted molar refractivity (Wildman–Crippen MR) is 132 cm³/mol. The van der Waals surface area contributed by atoms with Crippen molar-refractivity contribution in [1.29, 1.82) is 0 Å². The highest BCUT2D eigenvalue weighted by Gasteiger charge is 2.47. The highest BCUT2D eigenvalue weighted by molar-refractivity contribution is 5.80. The fraction of sp³-hybridized carbons (Fsp3) is 0.333. The molecule has 7 heteroatoms. The fourth-order valence-electron chi connectivity index (χ4n) is 5.53. The molecule has 1 atom stereocenters. The van der Waals surface area contributed by atoms with E-state index in [1.165, 1.54) is 11.8 Å². The van der Waals surface area contributed by atoms with Gasteiger partial charge in [0, 0.05) is 42.0 Å². The first-order valence-corrected chi connectivity index (χ1v) is 11.9. The molecule has 0 bridgehead atoms. The Morgan fingerprint density at radius 2 is 1.97 bits per heavy atom. The smallest absolute Gasteiger partial charge is 0.149 e. The minimum absolute atomic E-state index is 0.300. The van der Waals surface area contributed by atoms with E-state index < -0.39 is 11.4 Å². The maximum absolute atomic E-state index is 14.9. The molecule has 0 radical (unpaired) electrons. The summed E-state index contributed by atoms with van der Waals surface area (Å²) in [5, 5.41) is 16.4. The summed E-state index contributed by atoms with van der Waals surface area (Å²) < 4.78 is 14.9. The van der Waals surface area contributed by atoms with Gasteiger partial charge in [-0.2, -0.15) is 0 Å². The number of rotatable bonds is 5. The molecule has 2 N–H and O–H groups in total. The molecule has 1 saturated heterocycles. The number of nitrogens with zero attached hydrogens (tertiary/aromatic N) is 4. The third-order valence-electron chi connectivity index (χ3n) is 7.29. The van der Waals surface area contributed by atoms with Crippen molar-refractivity contribution >= 4 is 22.7 Å². The number of halogens is 1. The number of β-amino-alcohol motifs (C(OH)–C–C–N with tert-alkyl or cyclic N) is 1. The van der Waals surface area contributed by atoms with Gasteiger partial charge in [0.2, 0.25) is 0 Å². The number of likely N-dealkylation sites (tertiary alicyclic amines) is 1. The minimum atomic E-state index is -1.29. The van der Waals surface area contributed by atoms with Gasteiger partial charge in [0.1, 0.15) is 11.4 Å². The molecule has 1 aromatic carbocycles. The van der Waals surface area contributed by atoms with Gasteiger partial charge in [-0.1, -0.05) is 24.8 Å². The summed E-state index contributed by atoms with van der Waals surface area (Å²) in [5.74, 6) is -0.451. The highest BCUT2D eigenvalue weighted by Crippen LogP contribution is 2.46. The number of allylic oxidation sites excluding steroid dienone is 1. The molecular weight excluding hydrogens is 429 g/mol. The zero-order valence-electron chi connectivity index (χ0n) is 19.0. The molecule has 5 heterocycles. The Hall–Kier alpha value is -3.13. The lowest BCUT2D eigenvalue weighted by atomic mass is 9.93. The van der Waals surface area contributed by atoms with Crippen molar-refractivity contribution in [3.63, 3.8) is 0 Å². The molecule has 6 rings (SSSR count). The lowest BCUT2D eigenvalue weighted by Crippen LogP contribution is -2.49. The average Bonchev–Trinajstić information content (AvgIpc) is 3.17. The number of hydrogen-bond donors (Lipinski definition) is 2. The monoisotopic (exact) mass is 457 g/mol. The molecule has 0 spiro atoms. The van der Waals surface area contributed by atoms with Gasteiger partial charge < -0.3 is 15.3 Å². The van der Waals surface area contributed by atoms with Crippen molar-refractivity contribution in [2.45, 2.75) is 31.0 Å². The van der Waals surface area contributed by atoms with Crippen LogP contribution in [-0.2, 0) is 12.1 Å². The number of anilines is 1. The molecule has 0 amide bonds. The zero-order valence-corrected chi connectivity index (χ0v) is 19.0. The van der Waals surface area contributed by atoms with Gasteiger partial charge in [0.25, 0.3) is 0 Å². The summed E-state index contributed by atoms with van der Waals surface area (Å²) in [6.45, 7) is 7.24. The molecule has 3 aliphatic heterocycles. The van der Waals surface area contributed by atoms with E-state index in [0.29, 0.717) is 36.1 Å². The maximum Gasteiger partial charge on any atom is 0.149 e. The Morgan fingerprint density at radius 3 is 2.82 bits per heavy atom. The van der Waals surface area contributed by atoms with E-state index in [1.54, 1.807) is 0 Å². The van der Waals surface area contributed by atoms with Crippen LogP contribution in [0.1, 0.15) is 29.7 Å². The van der Waals surface area contributed by atoms with Gasteiger partial charge in [-0.3, -0.25) is 14.9 Å². The number of fused-ring (bicyclic) bond motifs is 1. The molecule has 34 heavy (non-hydrogen) atoms.